The number of halogens is 1. The molecule has 4 aromatic rings. The van der Waals surface area contributed by atoms with Gasteiger partial charge in [-0.2, -0.15) is 0 Å². The summed E-state index contributed by atoms with van der Waals surface area (Å²) in [6.45, 7) is 0. The van der Waals surface area contributed by atoms with Crippen LogP contribution in [0.15, 0.2) is 132 Å². The van der Waals surface area contributed by atoms with Crippen LogP contribution < -0.4 is 21.2 Å². The van der Waals surface area contributed by atoms with E-state index in [1.165, 1.54) is 59.7 Å². The monoisotopic (exact) mass is 556 g/mol. The van der Waals surface area contributed by atoms with Gasteiger partial charge in [0.05, 0.1) is 0 Å². The number of benzene rings is 4. The Morgan fingerprint density at radius 3 is 1.26 bits per heavy atom. The quantitative estimate of drug-likeness (QED) is 0.0777. The maximum Gasteiger partial charge on any atom is 0.0223 e. The predicted molar refractivity (Wildman–Crippen MR) is 174 cm³/mol. The molecule has 196 valence electrons. The first-order valence-corrected chi connectivity index (χ1v) is 17.2. The lowest BCUT2D eigenvalue weighted by molar-refractivity contribution is 0.592. The van der Waals surface area contributed by atoms with Crippen LogP contribution >= 0.6 is 27.4 Å². The predicted octanol–water partition coefficient (Wildman–Crippen LogP) is 9.45. The minimum Gasteiger partial charge on any atom is -0.127 e. The van der Waals surface area contributed by atoms with Gasteiger partial charge in [0, 0.05) is 5.88 Å². The van der Waals surface area contributed by atoms with Gasteiger partial charge in [-0.25, -0.2) is 0 Å². The highest BCUT2D eigenvalue weighted by Gasteiger charge is 2.21. The van der Waals surface area contributed by atoms with Crippen LogP contribution in [0.25, 0.3) is 0 Å². The van der Waals surface area contributed by atoms with Crippen molar-refractivity contribution in [1.82, 2.24) is 0 Å². The van der Waals surface area contributed by atoms with E-state index in [9.17, 15) is 0 Å². The summed E-state index contributed by atoms with van der Waals surface area (Å²) in [6, 6.07) is 44.6. The van der Waals surface area contributed by atoms with Crippen LogP contribution in [0, 0.1) is 0 Å². The van der Waals surface area contributed by atoms with Gasteiger partial charge in [-0.15, -0.1) is 11.6 Å². The van der Waals surface area contributed by atoms with Crippen molar-refractivity contribution in [3.05, 3.63) is 132 Å². The van der Waals surface area contributed by atoms with E-state index in [1.807, 2.05) is 0 Å². The lowest BCUT2D eigenvalue weighted by atomic mass is 10.1. The van der Waals surface area contributed by atoms with Gasteiger partial charge in [0.2, 0.25) is 0 Å². The van der Waals surface area contributed by atoms with Crippen LogP contribution in [0.2, 0.25) is 0 Å². The van der Waals surface area contributed by atoms with E-state index in [4.69, 9.17) is 11.6 Å². The molecule has 0 fully saturated rings. The fraction of sp³-hybridized carbons (Fsp3) is 0.257. The molecule has 0 atom stereocenters. The number of unbranched alkanes of at least 4 members (excludes halogenated alkanes) is 6. The van der Waals surface area contributed by atoms with Crippen molar-refractivity contribution in [3.63, 3.8) is 0 Å². The standard InChI is InChI=1S/C35H39ClP2/c36-29-19-5-3-1-2-4-10-28-35(38(33-24-15-8-16-25-33)34-26-17-9-18-27-34)30-37(31-20-11-6-12-21-31)32-22-13-7-14-23-32/h6-9,11-18,20-27,30H,1-5,10,19,28-29H2/b35-30+. The van der Waals surface area contributed by atoms with Crippen molar-refractivity contribution in [3.8, 4) is 0 Å². The zero-order valence-electron chi connectivity index (χ0n) is 22.3. The maximum atomic E-state index is 5.86. The van der Waals surface area contributed by atoms with Crippen molar-refractivity contribution in [2.24, 2.45) is 0 Å². The van der Waals surface area contributed by atoms with Crippen LogP contribution in [-0.4, -0.2) is 5.88 Å². The molecule has 0 N–H and O–H groups in total. The Hall–Kier alpha value is -2.23. The lowest BCUT2D eigenvalue weighted by Crippen LogP contribution is -2.15. The molecule has 0 amide bonds. The van der Waals surface area contributed by atoms with Crippen molar-refractivity contribution >= 4 is 48.7 Å². The number of rotatable bonds is 15. The average Bonchev–Trinajstić information content (AvgIpc) is 2.99. The summed E-state index contributed by atoms with van der Waals surface area (Å²) in [5.41, 5.74) is 0. The molecule has 4 rings (SSSR count). The smallest absolute Gasteiger partial charge is 0.0223 e. The molecular formula is C35H39ClP2. The van der Waals surface area contributed by atoms with E-state index in [0.29, 0.717) is 0 Å². The molecule has 4 aromatic carbocycles. The Morgan fingerprint density at radius 1 is 0.474 bits per heavy atom. The molecular weight excluding hydrogens is 518 g/mol. The van der Waals surface area contributed by atoms with Gasteiger partial charge in [0.1, 0.15) is 0 Å². The molecule has 0 bridgehead atoms. The first kappa shape index (κ1) is 28.8. The Balaban J connectivity index is 1.68. The first-order chi connectivity index (χ1) is 18.9. The fourth-order valence-corrected chi connectivity index (χ4v) is 10.1. The molecule has 0 aromatic heterocycles. The lowest BCUT2D eigenvalue weighted by Gasteiger charge is -2.25. The molecule has 0 unspecified atom stereocenters. The zero-order valence-corrected chi connectivity index (χ0v) is 24.8. The SMILES string of the molecule is ClCCCCCCCCC/C(=C\P(c1ccccc1)c1ccccc1)P(c1ccccc1)c1ccccc1. The second-order valence-electron chi connectivity index (χ2n) is 9.58. The Bertz CT molecular complexity index is 1110. The normalized spacial score (nSPS) is 11.8. The van der Waals surface area contributed by atoms with Crippen molar-refractivity contribution < 1.29 is 0 Å². The van der Waals surface area contributed by atoms with E-state index >= 15 is 0 Å². The number of hydrogen-bond acceptors (Lipinski definition) is 0. The zero-order chi connectivity index (χ0) is 26.3. The van der Waals surface area contributed by atoms with Crippen molar-refractivity contribution in [1.29, 1.82) is 0 Å². The van der Waals surface area contributed by atoms with Crippen LogP contribution in [0.4, 0.5) is 0 Å². The summed E-state index contributed by atoms with van der Waals surface area (Å²) >= 11 is 5.86. The largest absolute Gasteiger partial charge is 0.127 e. The molecule has 3 heteroatoms. The average molecular weight is 557 g/mol. The van der Waals surface area contributed by atoms with Crippen LogP contribution in [0.5, 0.6) is 0 Å². The van der Waals surface area contributed by atoms with E-state index in [-0.39, 0.29) is 0 Å². The van der Waals surface area contributed by atoms with Crippen molar-refractivity contribution in [2.45, 2.75) is 51.4 Å². The summed E-state index contributed by atoms with van der Waals surface area (Å²) in [5, 5.41) is 7.33. The minimum atomic E-state index is -0.597. The van der Waals surface area contributed by atoms with Gasteiger partial charge in [-0.1, -0.05) is 153 Å². The van der Waals surface area contributed by atoms with Gasteiger partial charge in [-0.05, 0) is 67.5 Å². The van der Waals surface area contributed by atoms with Crippen molar-refractivity contribution in [2.75, 3.05) is 5.88 Å². The van der Waals surface area contributed by atoms with Crippen LogP contribution in [0.3, 0.4) is 0 Å². The third-order valence-corrected chi connectivity index (χ3v) is 12.0. The molecule has 0 aliphatic carbocycles. The van der Waals surface area contributed by atoms with E-state index in [0.717, 1.165) is 18.7 Å². The Kier molecular flexibility index (Phi) is 12.6. The van der Waals surface area contributed by atoms with E-state index in [1.54, 1.807) is 5.31 Å². The molecule has 0 nitrogen and oxygen atoms in total. The summed E-state index contributed by atoms with van der Waals surface area (Å²) in [5.74, 6) is 3.47. The Morgan fingerprint density at radius 2 is 0.842 bits per heavy atom. The Labute approximate surface area is 237 Å². The second kappa shape index (κ2) is 16.7. The third kappa shape index (κ3) is 8.92. The highest BCUT2D eigenvalue weighted by Crippen LogP contribution is 2.50. The summed E-state index contributed by atoms with van der Waals surface area (Å²) in [6.07, 6.45) is 10.0. The highest BCUT2D eigenvalue weighted by atomic mass is 35.5. The van der Waals surface area contributed by atoms with Gasteiger partial charge >= 0.3 is 0 Å². The summed E-state index contributed by atoms with van der Waals surface area (Å²) in [4.78, 5) is 0. The third-order valence-electron chi connectivity index (χ3n) is 6.73. The van der Waals surface area contributed by atoms with Gasteiger partial charge in [-0.3, -0.25) is 0 Å². The van der Waals surface area contributed by atoms with Crippen LogP contribution in [-0.2, 0) is 0 Å². The molecule has 0 radical (unpaired) electrons. The molecule has 38 heavy (non-hydrogen) atoms. The van der Waals surface area contributed by atoms with Gasteiger partial charge < -0.3 is 0 Å². The summed E-state index contributed by atoms with van der Waals surface area (Å²) < 4.78 is 0. The van der Waals surface area contributed by atoms with Crippen LogP contribution in [0.1, 0.15) is 51.4 Å². The molecule has 0 heterocycles. The fourth-order valence-electron chi connectivity index (χ4n) is 4.78. The molecule has 0 aliphatic rings. The van der Waals surface area contributed by atoms with E-state index in [2.05, 4.69) is 127 Å². The summed E-state index contributed by atoms with van der Waals surface area (Å²) in [7, 11) is -1.19. The number of alkyl halides is 1. The topological polar surface area (TPSA) is 0 Å². The molecule has 0 saturated heterocycles. The van der Waals surface area contributed by atoms with E-state index < -0.39 is 15.8 Å². The second-order valence-corrected chi connectivity index (χ2v) is 14.3. The minimum absolute atomic E-state index is 0.596. The molecule has 0 saturated carbocycles. The number of allylic oxidation sites excluding steroid dienone is 1. The molecule has 0 spiro atoms. The number of hydrogen-bond donors (Lipinski definition) is 0. The van der Waals surface area contributed by atoms with Gasteiger partial charge in [0.25, 0.3) is 0 Å². The highest BCUT2D eigenvalue weighted by molar-refractivity contribution is 7.80. The molecule has 0 aliphatic heterocycles. The maximum absolute atomic E-state index is 5.86. The van der Waals surface area contributed by atoms with Gasteiger partial charge in [0.15, 0.2) is 0 Å². The first-order valence-electron chi connectivity index (χ1n) is 13.9.